The van der Waals surface area contributed by atoms with E-state index in [9.17, 15) is 0 Å². The second-order valence-corrected chi connectivity index (χ2v) is 21.3. The molecule has 0 atom stereocenters. The van der Waals surface area contributed by atoms with E-state index in [0.717, 1.165) is 67.7 Å². The van der Waals surface area contributed by atoms with Gasteiger partial charge in [-0.05, 0) is 177 Å². The van der Waals surface area contributed by atoms with Crippen molar-refractivity contribution in [2.24, 2.45) is 0 Å². The highest BCUT2D eigenvalue weighted by Crippen LogP contribution is 2.64. The van der Waals surface area contributed by atoms with Gasteiger partial charge in [0.15, 0.2) is 0 Å². The molecule has 0 saturated carbocycles. The highest BCUT2D eigenvalue weighted by atomic mass is 15.2. The summed E-state index contributed by atoms with van der Waals surface area (Å²) >= 11 is 0. The van der Waals surface area contributed by atoms with Crippen molar-refractivity contribution in [3.63, 3.8) is 0 Å². The number of fused-ring (bicyclic) bond motifs is 16. The van der Waals surface area contributed by atoms with Gasteiger partial charge in [-0.3, -0.25) is 0 Å². The summed E-state index contributed by atoms with van der Waals surface area (Å²) in [5, 5.41) is 4.80. The third-order valence-electron chi connectivity index (χ3n) is 17.2. The van der Waals surface area contributed by atoms with Crippen LogP contribution in [0.5, 0.6) is 0 Å². The standard InChI is InChI=1S/C77H52N4/c1-3-51-31-35-55(36-32-51)80-73-29-17-13-25-65(73)67-47-57(41-45-75(67)80)78(53-19-7-5-8-20-53)59-39-43-63-64-44-40-60(50-72(64)77(71(63)49-59)69-27-15-11-23-61(69)62-24-12-16-28-70(62)77)79(54-21-9-6-10-22-54)58-42-46-76-68(48-58)66-26-14-18-30-74(66)81(76)56-37-33-52(4-2)34-38-56/h3-50H,1-2H2. The van der Waals surface area contributed by atoms with Crippen molar-refractivity contribution < 1.29 is 0 Å². The maximum Gasteiger partial charge on any atom is 0.0727 e. The smallest absolute Gasteiger partial charge is 0.0727 e. The van der Waals surface area contributed by atoms with Crippen molar-refractivity contribution in [3.8, 4) is 33.6 Å². The number of hydrogen-bond acceptors (Lipinski definition) is 2. The molecule has 0 amide bonds. The molecule has 2 aliphatic rings. The molecule has 12 aromatic carbocycles. The first-order valence-corrected chi connectivity index (χ1v) is 27.8. The predicted octanol–water partition coefficient (Wildman–Crippen LogP) is 20.4. The van der Waals surface area contributed by atoms with E-state index in [1.165, 1.54) is 77.1 Å². The van der Waals surface area contributed by atoms with Crippen LogP contribution in [0.25, 0.3) is 89.4 Å². The summed E-state index contributed by atoms with van der Waals surface area (Å²) in [6, 6.07) is 103. The summed E-state index contributed by atoms with van der Waals surface area (Å²) in [6.45, 7) is 8.02. The molecule has 0 aliphatic heterocycles. The zero-order valence-corrected chi connectivity index (χ0v) is 44.4. The Kier molecular flexibility index (Phi) is 10.4. The Morgan fingerprint density at radius 3 is 1.05 bits per heavy atom. The van der Waals surface area contributed by atoms with Crippen molar-refractivity contribution in [1.82, 2.24) is 9.13 Å². The predicted molar refractivity (Wildman–Crippen MR) is 341 cm³/mol. The zero-order valence-electron chi connectivity index (χ0n) is 44.4. The highest BCUT2D eigenvalue weighted by Gasteiger charge is 2.52. The number of aromatic nitrogens is 2. The molecule has 2 aliphatic carbocycles. The minimum atomic E-state index is -0.633. The van der Waals surface area contributed by atoms with E-state index in [2.05, 4.69) is 311 Å². The number of nitrogens with zero attached hydrogens (tertiary/aromatic N) is 4. The lowest BCUT2D eigenvalue weighted by atomic mass is 9.70. The molecule has 0 N–H and O–H groups in total. The highest BCUT2D eigenvalue weighted by molar-refractivity contribution is 6.12. The van der Waals surface area contributed by atoms with Crippen molar-refractivity contribution >= 4 is 89.9 Å². The quantitative estimate of drug-likeness (QED) is 0.136. The van der Waals surface area contributed by atoms with E-state index in [4.69, 9.17) is 0 Å². The molecule has 0 fully saturated rings. The second kappa shape index (κ2) is 18.2. The number of anilines is 6. The van der Waals surface area contributed by atoms with Crippen molar-refractivity contribution in [2.75, 3.05) is 9.80 Å². The van der Waals surface area contributed by atoms with E-state index in [1.54, 1.807) is 0 Å². The third-order valence-corrected chi connectivity index (χ3v) is 17.2. The van der Waals surface area contributed by atoms with Crippen LogP contribution in [0.2, 0.25) is 0 Å². The SMILES string of the molecule is C=Cc1ccc(-n2c3ccccc3c3cc(N(c4ccccc4)c4ccc5c(c4)C4(c6ccccc6-c6ccccc64)c4cc(N(c6ccccc6)c6ccc7c(c6)c6ccccc6n7-c6ccc(C=C)cc6)ccc4-5)ccc32)cc1. The van der Waals surface area contributed by atoms with Crippen LogP contribution in [0.3, 0.4) is 0 Å². The average molecular weight is 1030 g/mol. The Morgan fingerprint density at radius 2 is 0.617 bits per heavy atom. The molecule has 0 radical (unpaired) electrons. The van der Waals surface area contributed by atoms with Gasteiger partial charge in [-0.25, -0.2) is 0 Å². The van der Waals surface area contributed by atoms with E-state index in [0.29, 0.717) is 0 Å². The summed E-state index contributed by atoms with van der Waals surface area (Å²) in [5.41, 5.74) is 25.1. The lowest BCUT2D eigenvalue weighted by Gasteiger charge is -2.33. The molecular formula is C77H52N4. The van der Waals surface area contributed by atoms with Crippen LogP contribution in [0.1, 0.15) is 33.4 Å². The van der Waals surface area contributed by atoms with Crippen molar-refractivity contribution in [1.29, 1.82) is 0 Å². The van der Waals surface area contributed by atoms with Crippen LogP contribution in [0.4, 0.5) is 34.1 Å². The lowest BCUT2D eigenvalue weighted by molar-refractivity contribution is 0.793. The Balaban J connectivity index is 0.898. The fourth-order valence-corrected chi connectivity index (χ4v) is 13.7. The van der Waals surface area contributed by atoms with Gasteiger partial charge in [-0.15, -0.1) is 0 Å². The van der Waals surface area contributed by atoms with Crippen molar-refractivity contribution in [3.05, 3.63) is 326 Å². The van der Waals surface area contributed by atoms with Gasteiger partial charge in [0.2, 0.25) is 0 Å². The molecule has 0 saturated heterocycles. The first-order chi connectivity index (χ1) is 40.1. The van der Waals surface area contributed by atoms with Gasteiger partial charge >= 0.3 is 0 Å². The van der Waals surface area contributed by atoms with Crippen LogP contribution in [-0.2, 0) is 5.41 Å². The van der Waals surface area contributed by atoms with Gasteiger partial charge in [0, 0.05) is 67.0 Å². The van der Waals surface area contributed by atoms with Gasteiger partial charge in [0.05, 0.1) is 27.5 Å². The van der Waals surface area contributed by atoms with E-state index < -0.39 is 5.41 Å². The number of hydrogen-bond donors (Lipinski definition) is 0. The molecular weight excluding hydrogens is 981 g/mol. The molecule has 16 rings (SSSR count). The first kappa shape index (κ1) is 46.4. The summed E-state index contributed by atoms with van der Waals surface area (Å²) < 4.78 is 4.77. The molecule has 4 nitrogen and oxygen atoms in total. The maximum atomic E-state index is 4.01. The Bertz CT molecular complexity index is 4540. The molecule has 4 heteroatoms. The molecule has 81 heavy (non-hydrogen) atoms. The van der Waals surface area contributed by atoms with Gasteiger partial charge in [-0.1, -0.05) is 183 Å². The van der Waals surface area contributed by atoms with Crippen LogP contribution >= 0.6 is 0 Å². The van der Waals surface area contributed by atoms with Gasteiger partial charge < -0.3 is 18.9 Å². The monoisotopic (exact) mass is 1030 g/mol. The number of rotatable bonds is 10. The summed E-state index contributed by atoms with van der Waals surface area (Å²) in [5.74, 6) is 0. The van der Waals surface area contributed by atoms with Gasteiger partial charge in [0.1, 0.15) is 0 Å². The van der Waals surface area contributed by atoms with Crippen LogP contribution < -0.4 is 9.80 Å². The molecule has 2 aromatic heterocycles. The summed E-state index contributed by atoms with van der Waals surface area (Å²) in [6.07, 6.45) is 3.80. The molecule has 0 bridgehead atoms. The van der Waals surface area contributed by atoms with Gasteiger partial charge in [-0.2, -0.15) is 0 Å². The van der Waals surface area contributed by atoms with E-state index in [-0.39, 0.29) is 0 Å². The minimum absolute atomic E-state index is 0.633. The van der Waals surface area contributed by atoms with Crippen LogP contribution in [0, 0.1) is 0 Å². The third kappa shape index (κ3) is 6.90. The van der Waals surface area contributed by atoms with Gasteiger partial charge in [0.25, 0.3) is 0 Å². The lowest BCUT2D eigenvalue weighted by Crippen LogP contribution is -2.26. The maximum absolute atomic E-state index is 4.01. The normalized spacial score (nSPS) is 12.6. The molecule has 14 aromatic rings. The topological polar surface area (TPSA) is 16.3 Å². The molecule has 1 spiro atoms. The van der Waals surface area contributed by atoms with E-state index >= 15 is 0 Å². The molecule has 380 valence electrons. The Morgan fingerprint density at radius 1 is 0.272 bits per heavy atom. The average Bonchev–Trinajstić information content (AvgIpc) is 3.32. The molecule has 0 unspecified atom stereocenters. The summed E-state index contributed by atoms with van der Waals surface area (Å²) in [4.78, 5) is 4.89. The van der Waals surface area contributed by atoms with Crippen LogP contribution in [0.15, 0.2) is 292 Å². The fourth-order valence-electron chi connectivity index (χ4n) is 13.7. The van der Waals surface area contributed by atoms with Crippen LogP contribution in [-0.4, -0.2) is 9.13 Å². The minimum Gasteiger partial charge on any atom is -0.310 e. The molecule has 2 heterocycles. The number of benzene rings is 12. The van der Waals surface area contributed by atoms with E-state index in [1.807, 2.05) is 12.2 Å². The Hall–Kier alpha value is -10.7. The number of para-hydroxylation sites is 4. The fraction of sp³-hybridized carbons (Fsp3) is 0.0130. The second-order valence-electron chi connectivity index (χ2n) is 21.3. The summed E-state index contributed by atoms with van der Waals surface area (Å²) in [7, 11) is 0. The largest absolute Gasteiger partial charge is 0.310 e. The zero-order chi connectivity index (χ0) is 53.8. The Labute approximate surface area is 470 Å². The first-order valence-electron chi connectivity index (χ1n) is 27.8. The van der Waals surface area contributed by atoms with Crippen molar-refractivity contribution in [2.45, 2.75) is 5.41 Å².